The quantitative estimate of drug-likeness (QED) is 0.681. The van der Waals surface area contributed by atoms with Gasteiger partial charge in [0.15, 0.2) is 0 Å². The Morgan fingerprint density at radius 1 is 1.05 bits per heavy atom. The fourth-order valence-corrected chi connectivity index (χ4v) is 5.22. The molecular weight excluding hydrogens is 314 g/mol. The Kier molecular flexibility index (Phi) is 4.76. The van der Waals surface area contributed by atoms with Crippen molar-refractivity contribution in [3.8, 4) is 0 Å². The fourth-order valence-electron chi connectivity index (χ4n) is 4.63. The number of piperidine rings is 2. The molecule has 3 atom stereocenters. The summed E-state index contributed by atoms with van der Waals surface area (Å²) < 4.78 is 8.91. The predicted molar refractivity (Wildman–Crippen MR) is 86.7 cm³/mol. The molecule has 0 spiro atoms. The lowest BCUT2D eigenvalue weighted by Crippen LogP contribution is -2.61. The summed E-state index contributed by atoms with van der Waals surface area (Å²) >= 11 is 3.71. The van der Waals surface area contributed by atoms with Gasteiger partial charge < -0.3 is 9.22 Å². The molecule has 3 rings (SSSR count). The number of rotatable bonds is 3. The molecule has 0 amide bonds. The molecule has 0 N–H and O–H groups in total. The summed E-state index contributed by atoms with van der Waals surface area (Å²) in [6, 6.07) is 0.862. The van der Waals surface area contributed by atoms with Crippen LogP contribution >= 0.6 is 15.9 Å². The minimum absolute atomic E-state index is 0.781. The maximum Gasteiger partial charge on any atom is 0.106 e. The number of hydrogen-bond acceptors (Lipinski definition) is 1. The van der Waals surface area contributed by atoms with Crippen molar-refractivity contribution in [1.82, 2.24) is 0 Å². The predicted octanol–water partition coefficient (Wildman–Crippen LogP) is 4.59. The van der Waals surface area contributed by atoms with Gasteiger partial charge in [-0.2, -0.15) is 0 Å². The van der Waals surface area contributed by atoms with Crippen molar-refractivity contribution in [3.05, 3.63) is 10.2 Å². The third-order valence-electron chi connectivity index (χ3n) is 5.83. The van der Waals surface area contributed by atoms with Crippen LogP contribution < -0.4 is 0 Å². The minimum atomic E-state index is 0.781. The molecule has 3 unspecified atom stereocenters. The molecular formula is C17H29BrNO+. The first-order valence-electron chi connectivity index (χ1n) is 8.53. The van der Waals surface area contributed by atoms with E-state index in [0.29, 0.717) is 0 Å². The normalized spacial score (nSPS) is 38.5. The van der Waals surface area contributed by atoms with Crippen molar-refractivity contribution >= 4 is 15.9 Å². The number of nitrogens with zero attached hydrogens (tertiary/aromatic N) is 1. The average molecular weight is 343 g/mol. The van der Waals surface area contributed by atoms with E-state index in [9.17, 15) is 0 Å². The van der Waals surface area contributed by atoms with Crippen LogP contribution in [0.2, 0.25) is 0 Å². The Balaban J connectivity index is 1.61. The summed E-state index contributed by atoms with van der Waals surface area (Å²) in [6.45, 7) is 3.75. The fraction of sp³-hybridized carbons (Fsp3) is 0.882. The number of halogens is 1. The zero-order chi connectivity index (χ0) is 14.0. The van der Waals surface area contributed by atoms with Gasteiger partial charge in [0.2, 0.25) is 0 Å². The molecule has 0 saturated carbocycles. The Labute approximate surface area is 132 Å². The lowest BCUT2D eigenvalue weighted by atomic mass is 9.82. The van der Waals surface area contributed by atoms with Gasteiger partial charge in [0.25, 0.3) is 0 Å². The molecule has 2 saturated heterocycles. The van der Waals surface area contributed by atoms with Crippen LogP contribution in [0.5, 0.6) is 0 Å². The smallest absolute Gasteiger partial charge is 0.106 e. The topological polar surface area (TPSA) is 9.23 Å². The van der Waals surface area contributed by atoms with Crippen molar-refractivity contribution in [2.24, 2.45) is 5.92 Å². The summed E-state index contributed by atoms with van der Waals surface area (Å²) in [5.41, 5.74) is 0. The number of hydrogen-bond donors (Lipinski definition) is 0. The second kappa shape index (κ2) is 6.39. The van der Waals surface area contributed by atoms with E-state index in [2.05, 4.69) is 23.0 Å². The van der Waals surface area contributed by atoms with Crippen molar-refractivity contribution in [3.63, 3.8) is 0 Å². The summed E-state index contributed by atoms with van der Waals surface area (Å²) in [6.07, 6.45) is 12.0. The molecule has 2 fully saturated rings. The summed E-state index contributed by atoms with van der Waals surface area (Å²) in [5.74, 6) is 2.04. The van der Waals surface area contributed by atoms with Gasteiger partial charge in [-0.1, -0.05) is 15.9 Å². The van der Waals surface area contributed by atoms with Crippen molar-refractivity contribution < 1.29 is 9.22 Å². The van der Waals surface area contributed by atoms with Crippen LogP contribution in [-0.2, 0) is 4.74 Å². The Morgan fingerprint density at radius 2 is 1.85 bits per heavy atom. The van der Waals surface area contributed by atoms with Crippen LogP contribution in [-0.4, -0.2) is 37.3 Å². The third kappa shape index (κ3) is 3.09. The van der Waals surface area contributed by atoms with Crippen LogP contribution in [0.25, 0.3) is 0 Å². The maximum absolute atomic E-state index is 6.25. The van der Waals surface area contributed by atoms with E-state index >= 15 is 0 Å². The second-order valence-electron chi connectivity index (χ2n) is 7.24. The standard InChI is InChI=1S/C17H29BrNO/c1-19-11-5-4-9-16(19)14(7-6-12-19)13-20-17-10-3-2-8-15(17)18/h14,16H,2-13H2,1H3/q+1. The van der Waals surface area contributed by atoms with Gasteiger partial charge in [-0.15, -0.1) is 0 Å². The van der Waals surface area contributed by atoms with Gasteiger partial charge in [-0.05, 0) is 44.9 Å². The molecule has 0 radical (unpaired) electrons. The van der Waals surface area contributed by atoms with Crippen LogP contribution in [0.1, 0.15) is 57.8 Å². The maximum atomic E-state index is 6.25. The van der Waals surface area contributed by atoms with Gasteiger partial charge in [-0.3, -0.25) is 0 Å². The molecule has 2 aliphatic heterocycles. The zero-order valence-corrected chi connectivity index (χ0v) is 14.5. The molecule has 0 bridgehead atoms. The van der Waals surface area contributed by atoms with Crippen LogP contribution in [0.3, 0.4) is 0 Å². The van der Waals surface area contributed by atoms with Crippen LogP contribution in [0, 0.1) is 5.92 Å². The number of allylic oxidation sites excluding steroid dienone is 2. The highest BCUT2D eigenvalue weighted by Crippen LogP contribution is 2.37. The van der Waals surface area contributed by atoms with E-state index in [1.165, 1.54) is 79.2 Å². The van der Waals surface area contributed by atoms with E-state index in [4.69, 9.17) is 4.74 Å². The molecule has 2 heterocycles. The average Bonchev–Trinajstić information content (AvgIpc) is 2.45. The van der Waals surface area contributed by atoms with Gasteiger partial charge >= 0.3 is 0 Å². The van der Waals surface area contributed by atoms with Crippen LogP contribution in [0.15, 0.2) is 10.2 Å². The summed E-state index contributed by atoms with van der Waals surface area (Å²) in [5, 5.41) is 0. The highest BCUT2D eigenvalue weighted by atomic mass is 79.9. The van der Waals surface area contributed by atoms with Gasteiger partial charge in [0, 0.05) is 23.2 Å². The van der Waals surface area contributed by atoms with Crippen LogP contribution in [0.4, 0.5) is 0 Å². The van der Waals surface area contributed by atoms with Crippen molar-refractivity contribution in [2.75, 3.05) is 26.7 Å². The molecule has 114 valence electrons. The summed E-state index contributed by atoms with van der Waals surface area (Å²) in [7, 11) is 2.49. The number of fused-ring (bicyclic) bond motifs is 1. The van der Waals surface area contributed by atoms with Gasteiger partial charge in [0.1, 0.15) is 5.76 Å². The highest BCUT2D eigenvalue weighted by Gasteiger charge is 2.43. The molecule has 3 heteroatoms. The molecule has 2 nitrogen and oxygen atoms in total. The Hall–Kier alpha value is -0.0200. The third-order valence-corrected chi connectivity index (χ3v) is 6.67. The lowest BCUT2D eigenvalue weighted by molar-refractivity contribution is -0.947. The van der Waals surface area contributed by atoms with Crippen molar-refractivity contribution in [2.45, 2.75) is 63.8 Å². The monoisotopic (exact) mass is 342 g/mol. The largest absolute Gasteiger partial charge is 0.497 e. The number of quaternary nitrogens is 1. The van der Waals surface area contributed by atoms with E-state index in [0.717, 1.165) is 25.0 Å². The molecule has 3 aliphatic rings. The molecule has 0 aromatic heterocycles. The first-order chi connectivity index (χ1) is 9.69. The Bertz CT molecular complexity index is 377. The van der Waals surface area contributed by atoms with E-state index in [-0.39, 0.29) is 0 Å². The van der Waals surface area contributed by atoms with E-state index in [1.54, 1.807) is 0 Å². The molecule has 1 aliphatic carbocycles. The first kappa shape index (κ1) is 14.9. The summed E-state index contributed by atoms with van der Waals surface area (Å²) in [4.78, 5) is 0. The SMILES string of the molecule is C[N+]12CCCCC1C(COC1=C(Br)CCCC1)CCC2. The zero-order valence-electron chi connectivity index (χ0n) is 12.9. The molecule has 20 heavy (non-hydrogen) atoms. The minimum Gasteiger partial charge on any atom is -0.497 e. The first-order valence-corrected chi connectivity index (χ1v) is 9.33. The molecule has 0 aromatic rings. The number of ether oxygens (including phenoxy) is 1. The lowest BCUT2D eigenvalue weighted by Gasteiger charge is -2.51. The van der Waals surface area contributed by atoms with E-state index < -0.39 is 0 Å². The van der Waals surface area contributed by atoms with Gasteiger partial charge in [-0.25, -0.2) is 0 Å². The van der Waals surface area contributed by atoms with Crippen molar-refractivity contribution in [1.29, 1.82) is 0 Å². The molecule has 0 aromatic carbocycles. The van der Waals surface area contributed by atoms with Gasteiger partial charge in [0.05, 0.1) is 32.8 Å². The Morgan fingerprint density at radius 3 is 2.70 bits per heavy atom. The highest BCUT2D eigenvalue weighted by molar-refractivity contribution is 9.11. The second-order valence-corrected chi connectivity index (χ2v) is 8.20. The van der Waals surface area contributed by atoms with E-state index in [1.807, 2.05) is 0 Å².